The minimum atomic E-state index is -0.385. The number of hydrogen-bond donors (Lipinski definition) is 2. The van der Waals surface area contributed by atoms with E-state index in [1.54, 1.807) is 11.0 Å². The standard InChI is InChI=1S/C24H30FN3O2.ClH/c25-22-16-18(7-10-23(22)27-24(29)28-13-11-26-12-14-28)4-1-2-15-30-21-6-3-5-20(17-21)19-8-9-19;/h3,5-7,10,16-17,19,26H,1-2,4,8-9,11-15H2,(H,27,29);1H. The third-order valence-corrected chi connectivity index (χ3v) is 5.71. The molecule has 0 aromatic heterocycles. The second-order valence-electron chi connectivity index (χ2n) is 8.13. The van der Waals surface area contributed by atoms with Crippen molar-refractivity contribution in [1.82, 2.24) is 10.2 Å². The van der Waals surface area contributed by atoms with Crippen LogP contribution >= 0.6 is 12.4 Å². The molecule has 7 heteroatoms. The van der Waals surface area contributed by atoms with E-state index in [9.17, 15) is 9.18 Å². The van der Waals surface area contributed by atoms with Crippen LogP contribution in [0.4, 0.5) is 14.9 Å². The number of unbranched alkanes of at least 4 members (excludes halogenated alkanes) is 1. The highest BCUT2D eigenvalue weighted by Gasteiger charge is 2.23. The van der Waals surface area contributed by atoms with Gasteiger partial charge in [-0.2, -0.15) is 0 Å². The maximum Gasteiger partial charge on any atom is 0.322 e. The van der Waals surface area contributed by atoms with Crippen molar-refractivity contribution in [2.45, 2.75) is 38.0 Å². The van der Waals surface area contributed by atoms with Gasteiger partial charge in [-0.25, -0.2) is 9.18 Å². The zero-order valence-corrected chi connectivity index (χ0v) is 18.6. The fraction of sp³-hybridized carbons (Fsp3) is 0.458. The summed E-state index contributed by atoms with van der Waals surface area (Å²) in [6.07, 6.45) is 5.20. The molecule has 4 rings (SSSR count). The molecule has 0 bridgehead atoms. The Bertz CT molecular complexity index is 870. The molecule has 0 unspecified atom stereocenters. The molecule has 1 saturated heterocycles. The maximum atomic E-state index is 14.4. The Morgan fingerprint density at radius 2 is 1.94 bits per heavy atom. The number of rotatable bonds is 8. The van der Waals surface area contributed by atoms with Gasteiger partial charge in [0.15, 0.2) is 0 Å². The van der Waals surface area contributed by atoms with Crippen LogP contribution in [0.25, 0.3) is 0 Å². The summed E-state index contributed by atoms with van der Waals surface area (Å²) in [5.74, 6) is 1.28. The molecule has 2 aromatic rings. The minimum Gasteiger partial charge on any atom is -0.494 e. The number of piperazine rings is 1. The molecule has 168 valence electrons. The van der Waals surface area contributed by atoms with Gasteiger partial charge in [0.1, 0.15) is 11.6 Å². The number of halogens is 2. The number of hydrogen-bond acceptors (Lipinski definition) is 3. The molecule has 31 heavy (non-hydrogen) atoms. The lowest BCUT2D eigenvalue weighted by Crippen LogP contribution is -2.48. The van der Waals surface area contributed by atoms with Gasteiger partial charge in [-0.05, 0) is 73.4 Å². The van der Waals surface area contributed by atoms with Gasteiger partial charge in [0.25, 0.3) is 0 Å². The van der Waals surface area contributed by atoms with Crippen LogP contribution in [0.5, 0.6) is 5.75 Å². The summed E-state index contributed by atoms with van der Waals surface area (Å²) in [6, 6.07) is 13.2. The second-order valence-corrected chi connectivity index (χ2v) is 8.13. The van der Waals surface area contributed by atoms with Crippen LogP contribution in [0.15, 0.2) is 42.5 Å². The number of carbonyl (C=O) groups is 1. The van der Waals surface area contributed by atoms with Crippen molar-refractivity contribution in [3.05, 3.63) is 59.4 Å². The molecule has 2 aromatic carbocycles. The van der Waals surface area contributed by atoms with Crippen molar-refractivity contribution < 1.29 is 13.9 Å². The number of urea groups is 1. The van der Waals surface area contributed by atoms with Crippen LogP contribution in [0.1, 0.15) is 42.7 Å². The average molecular weight is 448 g/mol. The summed E-state index contributed by atoms with van der Waals surface area (Å²) in [6.45, 7) is 3.47. The lowest BCUT2D eigenvalue weighted by atomic mass is 10.1. The summed E-state index contributed by atoms with van der Waals surface area (Å²) in [4.78, 5) is 13.9. The van der Waals surface area contributed by atoms with Gasteiger partial charge in [-0.15, -0.1) is 12.4 Å². The quantitative estimate of drug-likeness (QED) is 0.562. The minimum absolute atomic E-state index is 0. The number of aryl methyl sites for hydroxylation is 1. The van der Waals surface area contributed by atoms with Gasteiger partial charge in [0.2, 0.25) is 0 Å². The zero-order valence-electron chi connectivity index (χ0n) is 17.7. The Labute approximate surface area is 189 Å². The van der Waals surface area contributed by atoms with Gasteiger partial charge >= 0.3 is 6.03 Å². The normalized spacial score (nSPS) is 15.8. The fourth-order valence-electron chi connectivity index (χ4n) is 3.77. The van der Waals surface area contributed by atoms with Gasteiger partial charge < -0.3 is 20.3 Å². The fourth-order valence-corrected chi connectivity index (χ4v) is 3.77. The Morgan fingerprint density at radius 3 is 2.68 bits per heavy atom. The van der Waals surface area contributed by atoms with Crippen LogP contribution in [0.2, 0.25) is 0 Å². The van der Waals surface area contributed by atoms with E-state index in [0.717, 1.165) is 49.6 Å². The summed E-state index contributed by atoms with van der Waals surface area (Å²) >= 11 is 0. The largest absolute Gasteiger partial charge is 0.494 e. The molecule has 2 N–H and O–H groups in total. The van der Waals surface area contributed by atoms with E-state index in [1.165, 1.54) is 24.5 Å². The van der Waals surface area contributed by atoms with E-state index in [2.05, 4.69) is 28.8 Å². The van der Waals surface area contributed by atoms with Crippen molar-refractivity contribution in [2.75, 3.05) is 38.1 Å². The molecule has 2 aliphatic rings. The number of nitrogens with one attached hydrogen (secondary N) is 2. The van der Waals surface area contributed by atoms with E-state index in [-0.39, 0.29) is 29.9 Å². The van der Waals surface area contributed by atoms with Crippen molar-refractivity contribution in [1.29, 1.82) is 0 Å². The number of carbonyl (C=O) groups excluding carboxylic acids is 1. The first-order chi connectivity index (χ1) is 14.7. The highest BCUT2D eigenvalue weighted by Crippen LogP contribution is 2.40. The molecule has 1 aliphatic heterocycles. The summed E-state index contributed by atoms with van der Waals surface area (Å²) in [5, 5.41) is 5.88. The summed E-state index contributed by atoms with van der Waals surface area (Å²) in [5.41, 5.74) is 2.55. The smallest absolute Gasteiger partial charge is 0.322 e. The number of ether oxygens (including phenoxy) is 1. The maximum absolute atomic E-state index is 14.4. The van der Waals surface area contributed by atoms with Gasteiger partial charge in [-0.3, -0.25) is 0 Å². The Balaban J connectivity index is 0.00000272. The molecule has 2 fully saturated rings. The Hall–Kier alpha value is -2.31. The third kappa shape index (κ3) is 6.84. The van der Waals surface area contributed by atoms with E-state index in [1.807, 2.05) is 12.1 Å². The first-order valence-electron chi connectivity index (χ1n) is 11.0. The molecule has 0 atom stereocenters. The summed E-state index contributed by atoms with van der Waals surface area (Å²) in [7, 11) is 0. The van der Waals surface area contributed by atoms with Gasteiger partial charge in [-0.1, -0.05) is 18.2 Å². The second kappa shape index (κ2) is 11.3. The van der Waals surface area contributed by atoms with Crippen LogP contribution < -0.4 is 15.4 Å². The number of benzene rings is 2. The topological polar surface area (TPSA) is 53.6 Å². The van der Waals surface area contributed by atoms with Crippen molar-refractivity contribution in [2.24, 2.45) is 0 Å². The lowest BCUT2D eigenvalue weighted by molar-refractivity contribution is 0.203. The third-order valence-electron chi connectivity index (χ3n) is 5.71. The number of nitrogens with zero attached hydrogens (tertiary/aromatic N) is 1. The van der Waals surface area contributed by atoms with Crippen LogP contribution in [0, 0.1) is 5.82 Å². The average Bonchev–Trinajstić information content (AvgIpc) is 3.62. The molecule has 0 spiro atoms. The molecule has 1 saturated carbocycles. The number of amides is 2. The zero-order chi connectivity index (χ0) is 20.8. The lowest BCUT2D eigenvalue weighted by Gasteiger charge is -2.27. The summed E-state index contributed by atoms with van der Waals surface area (Å²) < 4.78 is 20.3. The molecule has 0 radical (unpaired) electrons. The van der Waals surface area contributed by atoms with Crippen molar-refractivity contribution >= 4 is 24.1 Å². The molecule has 1 aliphatic carbocycles. The molecular weight excluding hydrogens is 417 g/mol. The van der Waals surface area contributed by atoms with Crippen LogP contribution in [0.3, 0.4) is 0 Å². The number of anilines is 1. The van der Waals surface area contributed by atoms with E-state index >= 15 is 0 Å². The Kier molecular flexibility index (Phi) is 8.55. The van der Waals surface area contributed by atoms with E-state index in [4.69, 9.17) is 4.74 Å². The SMILES string of the molecule is Cl.O=C(Nc1ccc(CCCCOc2cccc(C3CC3)c2)cc1F)N1CCNCC1. The van der Waals surface area contributed by atoms with Gasteiger partial charge in [0.05, 0.1) is 12.3 Å². The predicted molar refractivity (Wildman–Crippen MR) is 124 cm³/mol. The van der Waals surface area contributed by atoms with Crippen molar-refractivity contribution in [3.8, 4) is 5.75 Å². The van der Waals surface area contributed by atoms with E-state index in [0.29, 0.717) is 19.7 Å². The highest BCUT2D eigenvalue weighted by atomic mass is 35.5. The predicted octanol–water partition coefficient (Wildman–Crippen LogP) is 4.96. The highest BCUT2D eigenvalue weighted by molar-refractivity contribution is 5.89. The van der Waals surface area contributed by atoms with E-state index < -0.39 is 0 Å². The molecule has 5 nitrogen and oxygen atoms in total. The molecule has 2 amide bonds. The molecular formula is C24H31ClFN3O2. The first kappa shape index (κ1) is 23.4. The molecule has 1 heterocycles. The van der Waals surface area contributed by atoms with Crippen LogP contribution in [-0.4, -0.2) is 43.7 Å². The first-order valence-corrected chi connectivity index (χ1v) is 11.0. The van der Waals surface area contributed by atoms with Crippen LogP contribution in [-0.2, 0) is 6.42 Å². The Morgan fingerprint density at radius 1 is 1.13 bits per heavy atom. The van der Waals surface area contributed by atoms with Gasteiger partial charge in [0, 0.05) is 26.2 Å². The van der Waals surface area contributed by atoms with Crippen molar-refractivity contribution in [3.63, 3.8) is 0 Å². The monoisotopic (exact) mass is 447 g/mol.